The molecular weight excluding hydrogens is 234 g/mol. The lowest BCUT2D eigenvalue weighted by Crippen LogP contribution is -2.33. The van der Waals surface area contributed by atoms with Crippen LogP contribution in [0, 0.1) is 0 Å². The molecule has 5 nitrogen and oxygen atoms in total. The van der Waals surface area contributed by atoms with Gasteiger partial charge >= 0.3 is 6.72 Å². The van der Waals surface area contributed by atoms with Crippen molar-refractivity contribution in [2.75, 3.05) is 6.61 Å². The number of halogens is 1. The van der Waals surface area contributed by atoms with E-state index in [1.165, 1.54) is 6.92 Å². The van der Waals surface area contributed by atoms with Crippen molar-refractivity contribution in [1.82, 2.24) is 0 Å². The highest BCUT2D eigenvalue weighted by molar-refractivity contribution is 8.06. The van der Waals surface area contributed by atoms with Gasteiger partial charge in [0.05, 0.1) is 12.7 Å². The number of alkyl halides is 1. The van der Waals surface area contributed by atoms with Crippen LogP contribution in [0.5, 0.6) is 0 Å². The van der Waals surface area contributed by atoms with Crippen LogP contribution in [0.1, 0.15) is 6.92 Å². The number of aliphatic hydroxyl groups excluding tert-OH is 1. The van der Waals surface area contributed by atoms with E-state index in [0.717, 1.165) is 0 Å². The second-order valence-corrected chi connectivity index (χ2v) is 5.69. The SMILES string of the molecule is C[C@@H]1O[C@H](CO)C(OP(O)(O)=S)[C@@H]1F. The molecule has 8 heteroatoms. The standard InChI is InChI=1S/C6H12FO5PS/c1-3-5(7)6(4(2-8)11-3)12-13(9,10)14/h3-6,8H,2H2,1H3,(H2,9,10,14)/t3-,4+,5+,6?/m0/s1. The van der Waals surface area contributed by atoms with Crippen LogP contribution in [0.3, 0.4) is 0 Å². The molecule has 0 aromatic carbocycles. The molecule has 84 valence electrons. The molecule has 0 radical (unpaired) electrons. The van der Waals surface area contributed by atoms with Crippen LogP contribution in [0.4, 0.5) is 4.39 Å². The molecule has 0 saturated carbocycles. The van der Waals surface area contributed by atoms with E-state index in [-0.39, 0.29) is 0 Å². The lowest BCUT2D eigenvalue weighted by Gasteiger charge is -2.20. The molecule has 1 rings (SSSR count). The second-order valence-electron chi connectivity index (χ2n) is 3.07. The molecular formula is C6H12FO5PS. The molecule has 0 aromatic heterocycles. The van der Waals surface area contributed by atoms with E-state index in [4.69, 9.17) is 19.6 Å². The van der Waals surface area contributed by atoms with E-state index in [1.807, 2.05) is 0 Å². The molecule has 0 bridgehead atoms. The van der Waals surface area contributed by atoms with Crippen LogP contribution in [0.25, 0.3) is 0 Å². The maximum atomic E-state index is 13.3. The smallest absolute Gasteiger partial charge is 0.322 e. The van der Waals surface area contributed by atoms with Gasteiger partial charge in [-0.2, -0.15) is 0 Å². The van der Waals surface area contributed by atoms with Crippen LogP contribution >= 0.6 is 6.72 Å². The van der Waals surface area contributed by atoms with Crippen LogP contribution in [0.15, 0.2) is 0 Å². The highest BCUT2D eigenvalue weighted by atomic mass is 32.5. The summed E-state index contributed by atoms with van der Waals surface area (Å²) in [6, 6.07) is 0. The minimum atomic E-state index is -3.93. The largest absolute Gasteiger partial charge is 0.394 e. The number of aliphatic hydroxyl groups is 1. The Morgan fingerprint density at radius 3 is 2.57 bits per heavy atom. The van der Waals surface area contributed by atoms with Gasteiger partial charge < -0.3 is 19.6 Å². The first-order valence-electron chi connectivity index (χ1n) is 3.99. The molecule has 0 amide bonds. The van der Waals surface area contributed by atoms with Crippen molar-refractivity contribution in [3.63, 3.8) is 0 Å². The summed E-state index contributed by atoms with van der Waals surface area (Å²) in [5.41, 5.74) is 0. The molecule has 1 unspecified atom stereocenters. The minimum absolute atomic E-state index is 0.454. The Kier molecular flexibility index (Phi) is 3.99. The Balaban J connectivity index is 2.69. The van der Waals surface area contributed by atoms with Crippen molar-refractivity contribution in [1.29, 1.82) is 0 Å². The van der Waals surface area contributed by atoms with E-state index >= 15 is 0 Å². The van der Waals surface area contributed by atoms with E-state index in [0.29, 0.717) is 0 Å². The first-order chi connectivity index (χ1) is 6.35. The first kappa shape index (κ1) is 12.4. The monoisotopic (exact) mass is 246 g/mol. The first-order valence-corrected chi connectivity index (χ1v) is 6.62. The van der Waals surface area contributed by atoms with Crippen molar-refractivity contribution < 1.29 is 28.5 Å². The predicted molar refractivity (Wildman–Crippen MR) is 49.9 cm³/mol. The van der Waals surface area contributed by atoms with E-state index in [9.17, 15) is 4.39 Å². The predicted octanol–water partition coefficient (Wildman–Crippen LogP) is -0.302. The summed E-state index contributed by atoms with van der Waals surface area (Å²) < 4.78 is 22.9. The Morgan fingerprint density at radius 2 is 2.14 bits per heavy atom. The van der Waals surface area contributed by atoms with Crippen molar-refractivity contribution >= 4 is 18.5 Å². The summed E-state index contributed by atoms with van der Waals surface area (Å²) in [5, 5.41) is 8.81. The zero-order valence-electron chi connectivity index (χ0n) is 7.41. The fraction of sp³-hybridized carbons (Fsp3) is 1.00. The van der Waals surface area contributed by atoms with Gasteiger partial charge in [-0.05, 0) is 18.7 Å². The second kappa shape index (κ2) is 4.49. The maximum Gasteiger partial charge on any atom is 0.322 e. The topological polar surface area (TPSA) is 79.2 Å². The Hall–Kier alpha value is 0.380. The fourth-order valence-corrected chi connectivity index (χ4v) is 2.20. The lowest BCUT2D eigenvalue weighted by molar-refractivity contribution is -0.0133. The van der Waals surface area contributed by atoms with Gasteiger partial charge in [-0.25, -0.2) is 4.39 Å². The molecule has 1 aliphatic heterocycles. The van der Waals surface area contributed by atoms with E-state index in [2.05, 4.69) is 16.3 Å². The fourth-order valence-electron chi connectivity index (χ4n) is 1.33. The van der Waals surface area contributed by atoms with Gasteiger partial charge in [0.25, 0.3) is 0 Å². The van der Waals surface area contributed by atoms with Crippen LogP contribution in [-0.4, -0.2) is 46.0 Å². The van der Waals surface area contributed by atoms with E-state index in [1.54, 1.807) is 0 Å². The molecule has 0 aliphatic carbocycles. The summed E-state index contributed by atoms with van der Waals surface area (Å²) >= 11 is 4.21. The summed E-state index contributed by atoms with van der Waals surface area (Å²) in [7, 11) is 0. The number of hydrogen-bond acceptors (Lipinski definition) is 4. The molecule has 4 atom stereocenters. The van der Waals surface area contributed by atoms with Crippen molar-refractivity contribution in [2.45, 2.75) is 31.4 Å². The third kappa shape index (κ3) is 2.93. The van der Waals surface area contributed by atoms with Gasteiger partial charge in [0.2, 0.25) is 0 Å². The number of rotatable bonds is 3. The highest BCUT2D eigenvalue weighted by Gasteiger charge is 2.45. The third-order valence-electron chi connectivity index (χ3n) is 1.96. The van der Waals surface area contributed by atoms with Gasteiger partial charge in [-0.15, -0.1) is 0 Å². The summed E-state index contributed by atoms with van der Waals surface area (Å²) in [6.45, 7) is -2.91. The van der Waals surface area contributed by atoms with Gasteiger partial charge in [0.1, 0.15) is 12.2 Å². The Bertz CT molecular complexity index is 246. The minimum Gasteiger partial charge on any atom is -0.394 e. The zero-order valence-corrected chi connectivity index (χ0v) is 9.12. The van der Waals surface area contributed by atoms with Gasteiger partial charge in [-0.1, -0.05) is 0 Å². The maximum absolute atomic E-state index is 13.3. The molecule has 0 aromatic rings. The average molecular weight is 246 g/mol. The Morgan fingerprint density at radius 1 is 1.57 bits per heavy atom. The third-order valence-corrected chi connectivity index (χ3v) is 2.73. The van der Waals surface area contributed by atoms with E-state index < -0.39 is 37.8 Å². The van der Waals surface area contributed by atoms with Gasteiger partial charge in [0, 0.05) is 0 Å². The number of hydrogen-bond donors (Lipinski definition) is 3. The molecule has 0 spiro atoms. The van der Waals surface area contributed by atoms with Crippen LogP contribution in [0.2, 0.25) is 0 Å². The van der Waals surface area contributed by atoms with Crippen molar-refractivity contribution in [3.8, 4) is 0 Å². The highest BCUT2D eigenvalue weighted by Crippen LogP contribution is 2.42. The Labute approximate surface area is 85.7 Å². The summed E-state index contributed by atoms with van der Waals surface area (Å²) in [6.07, 6.45) is -4.38. The lowest BCUT2D eigenvalue weighted by atomic mass is 10.1. The molecule has 1 fully saturated rings. The van der Waals surface area contributed by atoms with Crippen molar-refractivity contribution in [3.05, 3.63) is 0 Å². The molecule has 14 heavy (non-hydrogen) atoms. The van der Waals surface area contributed by atoms with Gasteiger partial charge in [-0.3, -0.25) is 4.52 Å². The normalized spacial score (nSPS) is 38.9. The van der Waals surface area contributed by atoms with Crippen LogP contribution < -0.4 is 0 Å². The number of ether oxygens (including phenoxy) is 1. The molecule has 1 aliphatic rings. The summed E-state index contributed by atoms with van der Waals surface area (Å²) in [5.74, 6) is 0. The average Bonchev–Trinajstić information content (AvgIpc) is 2.30. The van der Waals surface area contributed by atoms with Gasteiger partial charge in [0.15, 0.2) is 6.17 Å². The zero-order chi connectivity index (χ0) is 10.9. The van der Waals surface area contributed by atoms with Crippen molar-refractivity contribution in [2.24, 2.45) is 0 Å². The molecule has 3 N–H and O–H groups in total. The summed E-state index contributed by atoms with van der Waals surface area (Å²) in [4.78, 5) is 17.7. The quantitative estimate of drug-likeness (QED) is 0.593. The van der Waals surface area contributed by atoms with Crippen LogP contribution in [-0.2, 0) is 21.1 Å². The molecule has 1 saturated heterocycles. The molecule has 1 heterocycles.